The Hall–Kier alpha value is -1.40. The Bertz CT molecular complexity index is 705. The number of imidazole rings is 1. The molecule has 110 valence electrons. The van der Waals surface area contributed by atoms with Gasteiger partial charge in [-0.05, 0) is 37.6 Å². The highest BCUT2D eigenvalue weighted by atomic mass is 32.2. The van der Waals surface area contributed by atoms with E-state index in [4.69, 9.17) is 5.73 Å². The van der Waals surface area contributed by atoms with Crippen LogP contribution in [0.2, 0.25) is 0 Å². The van der Waals surface area contributed by atoms with Gasteiger partial charge in [-0.2, -0.15) is 0 Å². The maximum absolute atomic E-state index is 11.6. The van der Waals surface area contributed by atoms with Crippen LogP contribution >= 0.6 is 0 Å². The van der Waals surface area contributed by atoms with Crippen molar-refractivity contribution in [3.05, 3.63) is 24.0 Å². The Morgan fingerprint density at radius 3 is 2.65 bits per heavy atom. The van der Waals surface area contributed by atoms with E-state index in [9.17, 15) is 8.42 Å². The molecule has 0 saturated heterocycles. The number of nitrogens with zero attached hydrogens (tertiary/aromatic N) is 2. The van der Waals surface area contributed by atoms with Gasteiger partial charge in [0.25, 0.3) is 0 Å². The van der Waals surface area contributed by atoms with E-state index in [1.807, 2.05) is 17.7 Å². The molecule has 0 atom stereocenters. The van der Waals surface area contributed by atoms with Crippen molar-refractivity contribution in [3.8, 4) is 0 Å². The van der Waals surface area contributed by atoms with Crippen molar-refractivity contribution in [2.75, 3.05) is 12.8 Å². The first-order valence-electron chi connectivity index (χ1n) is 6.79. The Labute approximate surface area is 119 Å². The van der Waals surface area contributed by atoms with Crippen LogP contribution in [0.15, 0.2) is 23.1 Å². The van der Waals surface area contributed by atoms with Gasteiger partial charge in [0.05, 0.1) is 15.9 Å². The summed E-state index contributed by atoms with van der Waals surface area (Å²) in [5.41, 5.74) is 7.18. The van der Waals surface area contributed by atoms with Crippen LogP contribution in [0, 0.1) is 0 Å². The molecule has 0 spiro atoms. The van der Waals surface area contributed by atoms with E-state index in [1.54, 1.807) is 12.1 Å². The van der Waals surface area contributed by atoms with Crippen molar-refractivity contribution < 1.29 is 8.42 Å². The first-order valence-corrected chi connectivity index (χ1v) is 8.68. The van der Waals surface area contributed by atoms with E-state index in [2.05, 4.69) is 4.98 Å². The molecule has 6 heteroatoms. The largest absolute Gasteiger partial charge is 0.331 e. The van der Waals surface area contributed by atoms with Gasteiger partial charge in [0, 0.05) is 19.7 Å². The molecule has 2 N–H and O–H groups in total. The van der Waals surface area contributed by atoms with Gasteiger partial charge in [-0.3, -0.25) is 0 Å². The van der Waals surface area contributed by atoms with E-state index in [0.29, 0.717) is 4.90 Å². The fraction of sp³-hybridized carbons (Fsp3) is 0.500. The number of rotatable bonds is 6. The van der Waals surface area contributed by atoms with E-state index >= 15 is 0 Å². The molecule has 0 aliphatic rings. The second kappa shape index (κ2) is 5.93. The lowest BCUT2D eigenvalue weighted by Gasteiger charge is -2.02. The number of hydrogen-bond donors (Lipinski definition) is 1. The summed E-state index contributed by atoms with van der Waals surface area (Å²) < 4.78 is 25.2. The lowest BCUT2D eigenvalue weighted by molar-refractivity contribution is 0.602. The maximum atomic E-state index is 11.6. The molecule has 0 aliphatic heterocycles. The first kappa shape index (κ1) is 15.0. The lowest BCUT2D eigenvalue weighted by atomic mass is 10.2. The Kier molecular flexibility index (Phi) is 4.45. The fourth-order valence-corrected chi connectivity index (χ4v) is 2.93. The van der Waals surface area contributed by atoms with Crippen LogP contribution in [0.25, 0.3) is 11.0 Å². The van der Waals surface area contributed by atoms with Gasteiger partial charge in [0.15, 0.2) is 9.84 Å². The molecule has 5 nitrogen and oxygen atoms in total. The summed E-state index contributed by atoms with van der Waals surface area (Å²) in [6.45, 7) is 0.722. The first-order chi connectivity index (χ1) is 9.43. The van der Waals surface area contributed by atoms with Crippen molar-refractivity contribution in [1.82, 2.24) is 9.55 Å². The molecule has 1 aromatic carbocycles. The molecular formula is C14H21N3O2S. The zero-order valence-corrected chi connectivity index (χ0v) is 12.8. The third-order valence-corrected chi connectivity index (χ3v) is 4.59. The van der Waals surface area contributed by atoms with Gasteiger partial charge in [0.2, 0.25) is 0 Å². The zero-order valence-electron chi connectivity index (χ0n) is 12.0. The molecule has 0 amide bonds. The minimum Gasteiger partial charge on any atom is -0.331 e. The number of hydrogen-bond acceptors (Lipinski definition) is 4. The zero-order chi connectivity index (χ0) is 14.8. The summed E-state index contributed by atoms with van der Waals surface area (Å²) in [5, 5.41) is 0. The molecule has 0 saturated carbocycles. The van der Waals surface area contributed by atoms with Crippen LogP contribution in [0.3, 0.4) is 0 Å². The highest BCUT2D eigenvalue weighted by molar-refractivity contribution is 7.90. The third kappa shape index (κ3) is 3.19. The maximum Gasteiger partial charge on any atom is 0.175 e. The van der Waals surface area contributed by atoms with Crippen molar-refractivity contribution in [3.63, 3.8) is 0 Å². The number of benzene rings is 1. The SMILES string of the molecule is Cn1c(CCCCCN)nc2cc(S(C)(=O)=O)ccc21. The second-order valence-corrected chi connectivity index (χ2v) is 7.12. The van der Waals surface area contributed by atoms with Crippen LogP contribution in [0.4, 0.5) is 0 Å². The van der Waals surface area contributed by atoms with Crippen molar-refractivity contribution in [2.24, 2.45) is 12.8 Å². The number of unbranched alkanes of at least 4 members (excludes halogenated alkanes) is 2. The summed E-state index contributed by atoms with van der Waals surface area (Å²) in [5.74, 6) is 0.989. The predicted octanol–water partition coefficient (Wildman–Crippen LogP) is 1.65. The van der Waals surface area contributed by atoms with Gasteiger partial charge in [0.1, 0.15) is 5.82 Å². The van der Waals surface area contributed by atoms with Gasteiger partial charge < -0.3 is 10.3 Å². The van der Waals surface area contributed by atoms with Gasteiger partial charge >= 0.3 is 0 Å². The molecule has 2 rings (SSSR count). The summed E-state index contributed by atoms with van der Waals surface area (Å²) in [7, 11) is -1.22. The third-order valence-electron chi connectivity index (χ3n) is 3.48. The average molecular weight is 295 g/mol. The number of aromatic nitrogens is 2. The summed E-state index contributed by atoms with van der Waals surface area (Å²) in [6.07, 6.45) is 5.27. The number of fused-ring (bicyclic) bond motifs is 1. The number of sulfone groups is 1. The minimum atomic E-state index is -3.19. The molecule has 0 bridgehead atoms. The highest BCUT2D eigenvalue weighted by Crippen LogP contribution is 2.20. The quantitative estimate of drug-likeness (QED) is 0.822. The van der Waals surface area contributed by atoms with E-state index in [0.717, 1.165) is 49.1 Å². The number of aryl methyl sites for hydroxylation is 2. The Morgan fingerprint density at radius 1 is 1.25 bits per heavy atom. The van der Waals surface area contributed by atoms with Crippen LogP contribution in [0.1, 0.15) is 25.1 Å². The van der Waals surface area contributed by atoms with Gasteiger partial charge in [-0.1, -0.05) is 6.42 Å². The molecule has 0 aliphatic carbocycles. The number of nitrogens with two attached hydrogens (primary N) is 1. The minimum absolute atomic E-state index is 0.317. The standard InChI is InChI=1S/C14H21N3O2S/c1-17-13-8-7-11(20(2,18)19)10-12(13)16-14(17)6-4-3-5-9-15/h7-8,10H,3-6,9,15H2,1-2H3. The monoisotopic (exact) mass is 295 g/mol. The average Bonchev–Trinajstić information content (AvgIpc) is 2.70. The Balaban J connectivity index is 2.28. The lowest BCUT2D eigenvalue weighted by Crippen LogP contribution is -2.01. The van der Waals surface area contributed by atoms with E-state index in [-0.39, 0.29) is 0 Å². The van der Waals surface area contributed by atoms with E-state index in [1.165, 1.54) is 6.26 Å². The van der Waals surface area contributed by atoms with Gasteiger partial charge in [-0.15, -0.1) is 0 Å². The highest BCUT2D eigenvalue weighted by Gasteiger charge is 2.12. The molecule has 0 fully saturated rings. The van der Waals surface area contributed by atoms with Crippen LogP contribution in [-0.4, -0.2) is 30.8 Å². The van der Waals surface area contributed by atoms with Crippen LogP contribution < -0.4 is 5.73 Å². The molecular weight excluding hydrogens is 274 g/mol. The molecule has 2 aromatic rings. The normalized spacial score (nSPS) is 12.2. The molecule has 0 unspecified atom stereocenters. The van der Waals surface area contributed by atoms with E-state index < -0.39 is 9.84 Å². The van der Waals surface area contributed by atoms with Crippen molar-refractivity contribution >= 4 is 20.9 Å². The molecule has 0 radical (unpaired) electrons. The van der Waals surface area contributed by atoms with Crippen molar-refractivity contribution in [1.29, 1.82) is 0 Å². The van der Waals surface area contributed by atoms with Crippen LogP contribution in [-0.2, 0) is 23.3 Å². The van der Waals surface area contributed by atoms with Crippen molar-refractivity contribution in [2.45, 2.75) is 30.6 Å². The summed E-state index contributed by atoms with van der Waals surface area (Å²) in [6, 6.07) is 5.10. The second-order valence-electron chi connectivity index (χ2n) is 5.11. The smallest absolute Gasteiger partial charge is 0.175 e. The molecule has 1 aromatic heterocycles. The summed E-state index contributed by atoms with van der Waals surface area (Å²) in [4.78, 5) is 4.87. The Morgan fingerprint density at radius 2 is 2.00 bits per heavy atom. The fourth-order valence-electron chi connectivity index (χ4n) is 2.29. The van der Waals surface area contributed by atoms with Crippen LogP contribution in [0.5, 0.6) is 0 Å². The topological polar surface area (TPSA) is 78.0 Å². The van der Waals surface area contributed by atoms with Gasteiger partial charge in [-0.25, -0.2) is 13.4 Å². The predicted molar refractivity (Wildman–Crippen MR) is 80.4 cm³/mol. The molecule has 1 heterocycles. The molecule has 20 heavy (non-hydrogen) atoms. The summed E-state index contributed by atoms with van der Waals surface area (Å²) >= 11 is 0.